The van der Waals surface area contributed by atoms with E-state index >= 15 is 0 Å². The number of halogens is 2. The fourth-order valence-corrected chi connectivity index (χ4v) is 1.70. The van der Waals surface area contributed by atoms with E-state index in [1.165, 1.54) is 6.26 Å². The fraction of sp³-hybridized carbons (Fsp3) is 0.154. The van der Waals surface area contributed by atoms with E-state index in [4.69, 9.17) is 10.3 Å². The molecule has 0 unspecified atom stereocenters. The minimum atomic E-state index is -0.927. The van der Waals surface area contributed by atoms with Gasteiger partial charge in [-0.1, -0.05) is 0 Å². The summed E-state index contributed by atoms with van der Waals surface area (Å²) in [6.07, 6.45) is 2.02. The Morgan fingerprint density at radius 3 is 2.55 bits per heavy atom. The van der Waals surface area contributed by atoms with Crippen LogP contribution < -0.4 is 16.6 Å². The number of hydrazine groups is 1. The predicted molar refractivity (Wildman–Crippen MR) is 68.9 cm³/mol. The van der Waals surface area contributed by atoms with Gasteiger partial charge in [-0.2, -0.15) is 0 Å². The van der Waals surface area contributed by atoms with Gasteiger partial charge in [-0.15, -0.1) is 0 Å². The monoisotopic (exact) mass is 281 g/mol. The molecule has 2 aromatic rings. The Bertz CT molecular complexity index is 577. The first kappa shape index (κ1) is 14.0. The van der Waals surface area contributed by atoms with Gasteiger partial charge in [-0.05, 0) is 24.3 Å². The first-order valence-electron chi connectivity index (χ1n) is 5.88. The smallest absolute Gasteiger partial charge is 0.251 e. The third kappa shape index (κ3) is 3.12. The van der Waals surface area contributed by atoms with Crippen LogP contribution in [0, 0.1) is 11.6 Å². The lowest BCUT2D eigenvalue weighted by Gasteiger charge is -2.08. The molecule has 0 aliphatic rings. The van der Waals surface area contributed by atoms with Crippen LogP contribution in [0.3, 0.4) is 0 Å². The third-order valence-corrected chi connectivity index (χ3v) is 2.69. The maximum absolute atomic E-state index is 13.4. The van der Waals surface area contributed by atoms with Crippen molar-refractivity contribution in [2.24, 2.45) is 5.84 Å². The predicted octanol–water partition coefficient (Wildman–Crippen LogP) is 1.82. The molecular weight excluding hydrogens is 268 g/mol. The van der Waals surface area contributed by atoms with Crippen molar-refractivity contribution in [3.05, 3.63) is 53.5 Å². The largest absolute Gasteiger partial charge is 0.469 e. The van der Waals surface area contributed by atoms with Crippen molar-refractivity contribution in [1.29, 1.82) is 0 Å². The van der Waals surface area contributed by atoms with Gasteiger partial charge >= 0.3 is 0 Å². The molecule has 0 fully saturated rings. The van der Waals surface area contributed by atoms with Gasteiger partial charge in [0.25, 0.3) is 5.91 Å². The second kappa shape index (κ2) is 6.16. The molecule has 4 N–H and O–H groups in total. The lowest BCUT2D eigenvalue weighted by molar-refractivity contribution is 0.0953. The number of hydrogen-bond donors (Lipinski definition) is 3. The summed E-state index contributed by atoms with van der Waals surface area (Å²) >= 11 is 0. The molecule has 7 heteroatoms. The maximum Gasteiger partial charge on any atom is 0.251 e. The molecule has 0 radical (unpaired) electrons. The van der Waals surface area contributed by atoms with Crippen LogP contribution in [0.5, 0.6) is 0 Å². The van der Waals surface area contributed by atoms with Crippen LogP contribution in [0.1, 0.15) is 16.1 Å². The lowest BCUT2D eigenvalue weighted by Crippen LogP contribution is -2.26. The average molecular weight is 281 g/mol. The van der Waals surface area contributed by atoms with Gasteiger partial charge in [-0.3, -0.25) is 10.6 Å². The number of nitrogen functional groups attached to an aromatic ring is 1. The lowest BCUT2D eigenvalue weighted by atomic mass is 10.1. The van der Waals surface area contributed by atoms with Gasteiger partial charge in [0.15, 0.2) is 11.6 Å². The van der Waals surface area contributed by atoms with Gasteiger partial charge in [0.1, 0.15) is 11.4 Å². The number of anilines is 1. The highest BCUT2D eigenvalue weighted by molar-refractivity contribution is 5.94. The van der Waals surface area contributed by atoms with Gasteiger partial charge in [-0.25, -0.2) is 8.78 Å². The molecule has 1 amide bonds. The fourth-order valence-electron chi connectivity index (χ4n) is 1.70. The van der Waals surface area contributed by atoms with E-state index < -0.39 is 23.2 Å². The minimum absolute atomic E-state index is 0.113. The van der Waals surface area contributed by atoms with E-state index in [1.807, 2.05) is 5.43 Å². The quantitative estimate of drug-likeness (QED) is 0.577. The summed E-state index contributed by atoms with van der Waals surface area (Å²) in [4.78, 5) is 11.8. The van der Waals surface area contributed by atoms with E-state index in [0.29, 0.717) is 18.7 Å². The van der Waals surface area contributed by atoms with Crippen LogP contribution in [0.4, 0.5) is 14.5 Å². The summed E-state index contributed by atoms with van der Waals surface area (Å²) in [5.74, 6) is 3.26. The Labute approximate surface area is 113 Å². The topological polar surface area (TPSA) is 80.3 Å². The van der Waals surface area contributed by atoms with Gasteiger partial charge in [0, 0.05) is 18.5 Å². The number of benzene rings is 1. The molecule has 1 heterocycles. The first-order valence-corrected chi connectivity index (χ1v) is 5.88. The molecule has 2 rings (SSSR count). The van der Waals surface area contributed by atoms with E-state index in [-0.39, 0.29) is 5.56 Å². The summed E-state index contributed by atoms with van der Waals surface area (Å²) in [7, 11) is 0. The number of amides is 1. The third-order valence-electron chi connectivity index (χ3n) is 2.69. The first-order chi connectivity index (χ1) is 9.61. The molecule has 0 bridgehead atoms. The van der Waals surface area contributed by atoms with Crippen molar-refractivity contribution in [2.75, 3.05) is 12.0 Å². The zero-order valence-electron chi connectivity index (χ0n) is 10.5. The zero-order valence-corrected chi connectivity index (χ0v) is 10.5. The number of furan rings is 1. The van der Waals surface area contributed by atoms with Gasteiger partial charge < -0.3 is 15.2 Å². The van der Waals surface area contributed by atoms with E-state index in [0.717, 1.165) is 12.1 Å². The summed E-state index contributed by atoms with van der Waals surface area (Å²) in [6.45, 7) is 0.298. The van der Waals surface area contributed by atoms with Crippen molar-refractivity contribution in [2.45, 2.75) is 6.42 Å². The Morgan fingerprint density at radius 1 is 1.30 bits per heavy atom. The number of carbonyl (C=O) groups is 1. The summed E-state index contributed by atoms with van der Waals surface area (Å²) in [6, 6.07) is 5.34. The van der Waals surface area contributed by atoms with Crippen molar-refractivity contribution in [3.63, 3.8) is 0 Å². The molecule has 0 aliphatic heterocycles. The van der Waals surface area contributed by atoms with E-state index in [1.54, 1.807) is 12.1 Å². The van der Waals surface area contributed by atoms with Crippen LogP contribution in [0.15, 0.2) is 34.9 Å². The normalized spacial score (nSPS) is 10.3. The highest BCUT2D eigenvalue weighted by Gasteiger charge is 2.14. The van der Waals surface area contributed by atoms with Crippen LogP contribution in [0.25, 0.3) is 0 Å². The standard InChI is InChI=1S/C13H13F2N3O2/c14-10-6-8(7-11(15)12(10)18-16)13(19)17-4-3-9-2-1-5-20-9/h1-2,5-7,18H,3-4,16H2,(H,17,19). The number of hydrogen-bond acceptors (Lipinski definition) is 4. The second-order valence-electron chi connectivity index (χ2n) is 4.04. The van der Waals surface area contributed by atoms with Crippen LogP contribution in [-0.4, -0.2) is 12.5 Å². The van der Waals surface area contributed by atoms with Crippen molar-refractivity contribution < 1.29 is 18.0 Å². The Balaban J connectivity index is 1.99. The van der Waals surface area contributed by atoms with Gasteiger partial charge in [0.05, 0.1) is 6.26 Å². The van der Waals surface area contributed by atoms with Crippen LogP contribution >= 0.6 is 0 Å². The Morgan fingerprint density at radius 2 is 2.00 bits per heavy atom. The molecule has 106 valence electrons. The molecule has 0 saturated carbocycles. The van der Waals surface area contributed by atoms with E-state index in [9.17, 15) is 13.6 Å². The SMILES string of the molecule is NNc1c(F)cc(C(=O)NCCc2ccco2)cc1F. The highest BCUT2D eigenvalue weighted by atomic mass is 19.1. The summed E-state index contributed by atoms with van der Waals surface area (Å²) in [5.41, 5.74) is 1.31. The minimum Gasteiger partial charge on any atom is -0.469 e. The Hall–Kier alpha value is -2.41. The Kier molecular flexibility index (Phi) is 4.31. The second-order valence-corrected chi connectivity index (χ2v) is 4.04. The number of carbonyl (C=O) groups excluding carboxylic acids is 1. The zero-order chi connectivity index (χ0) is 14.5. The van der Waals surface area contributed by atoms with Crippen LogP contribution in [-0.2, 0) is 6.42 Å². The van der Waals surface area contributed by atoms with Crippen molar-refractivity contribution in [1.82, 2.24) is 5.32 Å². The molecule has 0 spiro atoms. The molecule has 1 aromatic carbocycles. The van der Waals surface area contributed by atoms with Crippen LogP contribution in [0.2, 0.25) is 0 Å². The number of nitrogens with two attached hydrogens (primary N) is 1. The van der Waals surface area contributed by atoms with Crippen molar-refractivity contribution >= 4 is 11.6 Å². The molecule has 0 atom stereocenters. The van der Waals surface area contributed by atoms with E-state index in [2.05, 4.69) is 5.32 Å². The molecule has 1 aromatic heterocycles. The molecular formula is C13H13F2N3O2. The van der Waals surface area contributed by atoms with Gasteiger partial charge in [0.2, 0.25) is 0 Å². The summed E-state index contributed by atoms with van der Waals surface area (Å²) < 4.78 is 32.0. The average Bonchev–Trinajstić information content (AvgIpc) is 2.91. The number of rotatable bonds is 5. The molecule has 5 nitrogen and oxygen atoms in total. The van der Waals surface area contributed by atoms with Crippen molar-refractivity contribution in [3.8, 4) is 0 Å². The molecule has 20 heavy (non-hydrogen) atoms. The number of nitrogens with one attached hydrogen (secondary N) is 2. The molecule has 0 aliphatic carbocycles. The maximum atomic E-state index is 13.4. The summed E-state index contributed by atoms with van der Waals surface area (Å²) in [5, 5.41) is 2.55. The highest BCUT2D eigenvalue weighted by Crippen LogP contribution is 2.19. The molecule has 0 saturated heterocycles.